The lowest BCUT2D eigenvalue weighted by Crippen LogP contribution is -1.93. The summed E-state index contributed by atoms with van der Waals surface area (Å²) in [6.07, 6.45) is 19.8. The lowest BCUT2D eigenvalue weighted by molar-refractivity contribution is -0.137. The standard InChI is InChI=1S/C18H28O3/c1-2-3-10-13-16-17(21-16)14-11-8-6-4-5-7-9-12-15-18(19)20/h3,8,10-11,14,16H,2,4-7,9,12-13,15H2,1H3,(H,19,20). The lowest BCUT2D eigenvalue weighted by atomic mass is 10.1. The molecular formula is C18H28O3. The van der Waals surface area contributed by atoms with Gasteiger partial charge in [0.1, 0.15) is 5.76 Å². The molecule has 1 aliphatic rings. The number of hydrogen-bond donors (Lipinski definition) is 1. The predicted molar refractivity (Wildman–Crippen MR) is 86.1 cm³/mol. The SMILES string of the molecule is CCC=CCC1OC1=CC=CCCCCCCCC(=O)O. The predicted octanol–water partition coefficient (Wildman–Crippen LogP) is 5.00. The fourth-order valence-corrected chi connectivity index (χ4v) is 2.16. The minimum atomic E-state index is -0.684. The number of rotatable bonds is 12. The Balaban J connectivity index is 1.92. The van der Waals surface area contributed by atoms with Crippen molar-refractivity contribution in [2.45, 2.75) is 70.8 Å². The summed E-state index contributed by atoms with van der Waals surface area (Å²) in [4.78, 5) is 10.3. The highest BCUT2D eigenvalue weighted by atomic mass is 16.6. The third-order valence-electron chi connectivity index (χ3n) is 3.45. The Morgan fingerprint density at radius 1 is 1.14 bits per heavy atom. The average molecular weight is 292 g/mol. The zero-order valence-corrected chi connectivity index (χ0v) is 13.1. The molecule has 1 rings (SSSR count). The molecule has 0 aromatic heterocycles. The van der Waals surface area contributed by atoms with Gasteiger partial charge in [-0.1, -0.05) is 50.5 Å². The van der Waals surface area contributed by atoms with Crippen LogP contribution in [0.5, 0.6) is 0 Å². The fraction of sp³-hybridized carbons (Fsp3) is 0.611. The maximum atomic E-state index is 10.3. The molecule has 21 heavy (non-hydrogen) atoms. The molecule has 1 fully saturated rings. The summed E-state index contributed by atoms with van der Waals surface area (Å²) in [5.74, 6) is 0.414. The summed E-state index contributed by atoms with van der Waals surface area (Å²) in [6.45, 7) is 2.13. The zero-order valence-electron chi connectivity index (χ0n) is 13.1. The lowest BCUT2D eigenvalue weighted by Gasteiger charge is -1.97. The Hall–Kier alpha value is -1.51. The molecule has 1 saturated heterocycles. The molecule has 0 saturated carbocycles. The first-order valence-corrected chi connectivity index (χ1v) is 8.14. The van der Waals surface area contributed by atoms with Gasteiger partial charge in [-0.3, -0.25) is 4.79 Å². The summed E-state index contributed by atoms with van der Waals surface area (Å²) < 4.78 is 5.47. The van der Waals surface area contributed by atoms with Crippen LogP contribution in [0, 0.1) is 0 Å². The first-order chi connectivity index (χ1) is 10.2. The van der Waals surface area contributed by atoms with Crippen LogP contribution in [0.2, 0.25) is 0 Å². The zero-order chi connectivity index (χ0) is 15.3. The minimum absolute atomic E-state index is 0.308. The third-order valence-corrected chi connectivity index (χ3v) is 3.45. The van der Waals surface area contributed by atoms with Crippen LogP contribution in [-0.4, -0.2) is 17.2 Å². The van der Waals surface area contributed by atoms with Crippen LogP contribution in [0.3, 0.4) is 0 Å². The van der Waals surface area contributed by atoms with Crippen LogP contribution in [0.25, 0.3) is 0 Å². The molecule has 0 bridgehead atoms. The molecule has 3 nitrogen and oxygen atoms in total. The number of unbranched alkanes of at least 4 members (excludes halogenated alkanes) is 5. The molecule has 1 N–H and O–H groups in total. The van der Waals surface area contributed by atoms with Crippen LogP contribution < -0.4 is 0 Å². The number of epoxide rings is 1. The van der Waals surface area contributed by atoms with Gasteiger partial charge in [-0.15, -0.1) is 0 Å². The van der Waals surface area contributed by atoms with E-state index in [1.54, 1.807) is 0 Å². The smallest absolute Gasteiger partial charge is 0.303 e. The summed E-state index contributed by atoms with van der Waals surface area (Å²) in [7, 11) is 0. The van der Waals surface area contributed by atoms with E-state index in [-0.39, 0.29) is 0 Å². The molecule has 1 atom stereocenters. The van der Waals surface area contributed by atoms with E-state index in [9.17, 15) is 4.79 Å². The Bertz CT molecular complexity index is 380. The topological polar surface area (TPSA) is 49.8 Å². The van der Waals surface area contributed by atoms with Gasteiger partial charge < -0.3 is 9.84 Å². The van der Waals surface area contributed by atoms with Gasteiger partial charge >= 0.3 is 5.97 Å². The van der Waals surface area contributed by atoms with E-state index in [1.165, 1.54) is 12.8 Å². The Labute approximate surface area is 128 Å². The summed E-state index contributed by atoms with van der Waals surface area (Å²) >= 11 is 0. The fourth-order valence-electron chi connectivity index (χ4n) is 2.16. The molecule has 1 aliphatic heterocycles. The van der Waals surface area contributed by atoms with Gasteiger partial charge in [-0.2, -0.15) is 0 Å². The van der Waals surface area contributed by atoms with Gasteiger partial charge in [0, 0.05) is 12.8 Å². The number of hydrogen-bond acceptors (Lipinski definition) is 2. The van der Waals surface area contributed by atoms with Crippen molar-refractivity contribution >= 4 is 5.97 Å². The number of aliphatic carboxylic acids is 1. The highest BCUT2D eigenvalue weighted by Gasteiger charge is 2.29. The van der Waals surface area contributed by atoms with Crippen molar-refractivity contribution in [3.8, 4) is 0 Å². The number of ether oxygens (including phenoxy) is 1. The molecule has 0 aromatic rings. The number of carbonyl (C=O) groups is 1. The molecule has 1 heterocycles. The normalized spacial score (nSPS) is 19.5. The van der Waals surface area contributed by atoms with Crippen molar-refractivity contribution in [2.24, 2.45) is 0 Å². The molecule has 0 spiro atoms. The highest BCUT2D eigenvalue weighted by molar-refractivity contribution is 5.66. The Morgan fingerprint density at radius 2 is 1.90 bits per heavy atom. The first kappa shape index (κ1) is 17.5. The highest BCUT2D eigenvalue weighted by Crippen LogP contribution is 2.30. The van der Waals surface area contributed by atoms with Crippen LogP contribution in [0.1, 0.15) is 64.7 Å². The van der Waals surface area contributed by atoms with Crippen LogP contribution in [0.15, 0.2) is 36.1 Å². The molecule has 0 radical (unpaired) electrons. The summed E-state index contributed by atoms with van der Waals surface area (Å²) in [5.41, 5.74) is 0. The van der Waals surface area contributed by atoms with Gasteiger partial charge in [0.15, 0.2) is 6.10 Å². The minimum Gasteiger partial charge on any atom is -0.483 e. The summed E-state index contributed by atoms with van der Waals surface area (Å²) in [5, 5.41) is 8.51. The summed E-state index contributed by atoms with van der Waals surface area (Å²) in [6, 6.07) is 0. The average Bonchev–Trinajstić information content (AvgIpc) is 3.19. The van der Waals surface area contributed by atoms with Gasteiger partial charge in [0.25, 0.3) is 0 Å². The molecule has 0 aliphatic carbocycles. The van der Waals surface area contributed by atoms with Crippen molar-refractivity contribution in [1.29, 1.82) is 0 Å². The van der Waals surface area contributed by atoms with Crippen LogP contribution >= 0.6 is 0 Å². The van der Waals surface area contributed by atoms with E-state index < -0.39 is 5.97 Å². The molecule has 0 amide bonds. The van der Waals surface area contributed by atoms with Crippen molar-refractivity contribution < 1.29 is 14.6 Å². The maximum absolute atomic E-state index is 10.3. The van der Waals surface area contributed by atoms with E-state index in [2.05, 4.69) is 37.3 Å². The van der Waals surface area contributed by atoms with E-state index in [1.807, 2.05) is 0 Å². The maximum Gasteiger partial charge on any atom is 0.303 e. The van der Waals surface area contributed by atoms with Crippen LogP contribution in [0.4, 0.5) is 0 Å². The second-order valence-corrected chi connectivity index (χ2v) is 5.42. The molecule has 0 aromatic carbocycles. The quantitative estimate of drug-likeness (QED) is 0.313. The number of carboxylic acid groups (broad SMARTS) is 1. The van der Waals surface area contributed by atoms with E-state index in [4.69, 9.17) is 9.84 Å². The monoisotopic (exact) mass is 292 g/mol. The van der Waals surface area contributed by atoms with E-state index in [0.717, 1.165) is 44.3 Å². The van der Waals surface area contributed by atoms with Crippen molar-refractivity contribution in [3.63, 3.8) is 0 Å². The molecule has 1 unspecified atom stereocenters. The molecule has 3 heteroatoms. The van der Waals surface area contributed by atoms with E-state index >= 15 is 0 Å². The van der Waals surface area contributed by atoms with Gasteiger partial charge in [-0.25, -0.2) is 0 Å². The van der Waals surface area contributed by atoms with Crippen molar-refractivity contribution in [2.75, 3.05) is 0 Å². The van der Waals surface area contributed by atoms with Gasteiger partial charge in [0.05, 0.1) is 0 Å². The van der Waals surface area contributed by atoms with Crippen molar-refractivity contribution in [1.82, 2.24) is 0 Å². The van der Waals surface area contributed by atoms with Crippen molar-refractivity contribution in [3.05, 3.63) is 36.1 Å². The molecular weight excluding hydrogens is 264 g/mol. The van der Waals surface area contributed by atoms with Gasteiger partial charge in [-0.05, 0) is 31.8 Å². The molecule has 118 valence electrons. The Morgan fingerprint density at radius 3 is 2.67 bits per heavy atom. The first-order valence-electron chi connectivity index (χ1n) is 8.14. The largest absolute Gasteiger partial charge is 0.483 e. The van der Waals surface area contributed by atoms with Gasteiger partial charge in [0.2, 0.25) is 0 Å². The number of carboxylic acids is 1. The van der Waals surface area contributed by atoms with E-state index in [0.29, 0.717) is 12.5 Å². The second kappa shape index (κ2) is 11.2. The number of allylic oxidation sites excluding steroid dienone is 4. The second-order valence-electron chi connectivity index (χ2n) is 5.42. The Kier molecular flexibility index (Phi) is 9.34. The van der Waals surface area contributed by atoms with Crippen LogP contribution in [-0.2, 0) is 9.53 Å². The third kappa shape index (κ3) is 9.94.